The number of aromatic nitrogens is 3. The van der Waals surface area contributed by atoms with Crippen molar-refractivity contribution in [1.29, 1.82) is 0 Å². The lowest BCUT2D eigenvalue weighted by Crippen LogP contribution is -2.36. The molecule has 0 unspecified atom stereocenters. The molecule has 5 rings (SSSR count). The molecular weight excluding hydrogens is 553 g/mol. The summed E-state index contributed by atoms with van der Waals surface area (Å²) in [5.74, 6) is -0.871. The third-order valence-electron chi connectivity index (χ3n) is 7.79. The van der Waals surface area contributed by atoms with Crippen molar-refractivity contribution in [1.82, 2.24) is 19.4 Å². The Labute approximate surface area is 239 Å². The molecule has 0 bridgehead atoms. The number of fused-ring (bicyclic) bond motifs is 3. The SMILES string of the molecule is Cc1nc(-c2ccc(C(F)(F)F)cc2)sc1Cn1c2c(c3cccnc31)CCN(C(=O)CCCC(C)(C)C(=O)O)C2. The predicted molar refractivity (Wildman–Crippen MR) is 151 cm³/mol. The second-order valence-electron chi connectivity index (χ2n) is 11.1. The lowest BCUT2D eigenvalue weighted by atomic mass is 9.87. The van der Waals surface area contributed by atoms with Crippen molar-refractivity contribution in [2.24, 2.45) is 5.41 Å². The van der Waals surface area contributed by atoms with E-state index in [0.717, 1.165) is 45.0 Å². The molecule has 4 aromatic rings. The van der Waals surface area contributed by atoms with E-state index in [4.69, 9.17) is 0 Å². The van der Waals surface area contributed by atoms with Crippen LogP contribution in [0.1, 0.15) is 60.5 Å². The van der Waals surface area contributed by atoms with Gasteiger partial charge in [-0.15, -0.1) is 11.3 Å². The number of carboxylic acids is 1. The fourth-order valence-electron chi connectivity index (χ4n) is 5.23. The highest BCUT2D eigenvalue weighted by Gasteiger charge is 2.31. The second-order valence-corrected chi connectivity index (χ2v) is 12.2. The maximum atomic E-state index is 13.1. The smallest absolute Gasteiger partial charge is 0.416 e. The highest BCUT2D eigenvalue weighted by Crippen LogP contribution is 2.36. The molecule has 0 radical (unpaired) electrons. The number of thiazole rings is 1. The van der Waals surface area contributed by atoms with Gasteiger partial charge in [0.2, 0.25) is 5.91 Å². The average molecular weight is 585 g/mol. The first-order chi connectivity index (χ1) is 19.3. The fourth-order valence-corrected chi connectivity index (χ4v) is 6.29. The number of hydrogen-bond donors (Lipinski definition) is 1. The lowest BCUT2D eigenvalue weighted by Gasteiger charge is -2.29. The molecule has 0 spiro atoms. The van der Waals surface area contributed by atoms with Crippen LogP contribution >= 0.6 is 11.3 Å². The van der Waals surface area contributed by atoms with Gasteiger partial charge in [0.1, 0.15) is 10.7 Å². The lowest BCUT2D eigenvalue weighted by molar-refractivity contribution is -0.147. The van der Waals surface area contributed by atoms with E-state index in [1.54, 1.807) is 20.0 Å². The highest BCUT2D eigenvalue weighted by molar-refractivity contribution is 7.15. The van der Waals surface area contributed by atoms with Crippen LogP contribution in [0.4, 0.5) is 13.2 Å². The number of carbonyl (C=O) groups excluding carboxylic acids is 1. The first kappa shape index (κ1) is 28.8. The van der Waals surface area contributed by atoms with Gasteiger partial charge in [-0.3, -0.25) is 9.59 Å². The topological polar surface area (TPSA) is 88.3 Å². The Bertz CT molecular complexity index is 1610. The van der Waals surface area contributed by atoms with Gasteiger partial charge in [0.05, 0.1) is 29.8 Å². The number of amides is 1. The summed E-state index contributed by atoms with van der Waals surface area (Å²) >= 11 is 1.44. The van der Waals surface area contributed by atoms with Crippen molar-refractivity contribution in [3.8, 4) is 10.6 Å². The quantitative estimate of drug-likeness (QED) is 0.249. The molecule has 1 N–H and O–H groups in total. The van der Waals surface area contributed by atoms with E-state index < -0.39 is 23.1 Å². The molecule has 41 heavy (non-hydrogen) atoms. The number of hydrogen-bond acceptors (Lipinski definition) is 5. The zero-order chi connectivity index (χ0) is 29.5. The molecule has 1 aliphatic rings. The zero-order valence-corrected chi connectivity index (χ0v) is 23.9. The van der Waals surface area contributed by atoms with E-state index >= 15 is 0 Å². The Morgan fingerprint density at radius 1 is 1.12 bits per heavy atom. The van der Waals surface area contributed by atoms with Crippen molar-refractivity contribution in [3.05, 3.63) is 70.0 Å². The van der Waals surface area contributed by atoms with Crippen LogP contribution in [0.3, 0.4) is 0 Å². The van der Waals surface area contributed by atoms with Gasteiger partial charge in [-0.1, -0.05) is 12.1 Å². The van der Waals surface area contributed by atoms with E-state index in [2.05, 4.69) is 14.5 Å². The van der Waals surface area contributed by atoms with Crippen LogP contribution in [0.25, 0.3) is 21.6 Å². The summed E-state index contributed by atoms with van der Waals surface area (Å²) in [5, 5.41) is 11.1. The van der Waals surface area contributed by atoms with Crippen LogP contribution in [0.5, 0.6) is 0 Å². The number of carbonyl (C=O) groups is 2. The minimum atomic E-state index is -4.39. The Morgan fingerprint density at radius 3 is 2.54 bits per heavy atom. The summed E-state index contributed by atoms with van der Waals surface area (Å²) in [6.07, 6.45) is -0.759. The number of halogens is 3. The second kappa shape index (κ2) is 10.9. The first-order valence-corrected chi connectivity index (χ1v) is 14.3. The average Bonchev–Trinajstić information content (AvgIpc) is 3.45. The third-order valence-corrected chi connectivity index (χ3v) is 8.98. The van der Waals surface area contributed by atoms with E-state index in [9.17, 15) is 27.9 Å². The molecule has 7 nitrogen and oxygen atoms in total. The molecule has 0 saturated heterocycles. The Kier molecular flexibility index (Phi) is 7.67. The number of aliphatic carboxylic acids is 1. The Morgan fingerprint density at radius 2 is 1.85 bits per heavy atom. The Hall–Kier alpha value is -3.73. The summed E-state index contributed by atoms with van der Waals surface area (Å²) in [4.78, 5) is 36.6. The largest absolute Gasteiger partial charge is 0.481 e. The summed E-state index contributed by atoms with van der Waals surface area (Å²) in [7, 11) is 0. The number of carboxylic acid groups (broad SMARTS) is 1. The maximum absolute atomic E-state index is 13.1. The molecule has 0 fully saturated rings. The molecular formula is C30H31F3N4O3S. The zero-order valence-electron chi connectivity index (χ0n) is 23.1. The highest BCUT2D eigenvalue weighted by atomic mass is 32.1. The first-order valence-electron chi connectivity index (χ1n) is 13.5. The van der Waals surface area contributed by atoms with Gasteiger partial charge in [-0.25, -0.2) is 9.97 Å². The molecule has 1 aliphatic heterocycles. The van der Waals surface area contributed by atoms with E-state index in [1.807, 2.05) is 24.0 Å². The number of rotatable bonds is 8. The normalized spacial score (nSPS) is 14.0. The molecule has 0 atom stereocenters. The summed E-state index contributed by atoms with van der Waals surface area (Å²) in [6, 6.07) is 8.96. The van der Waals surface area contributed by atoms with Gasteiger partial charge in [0.15, 0.2) is 0 Å². The monoisotopic (exact) mass is 584 g/mol. The minimum absolute atomic E-state index is 0.000153. The van der Waals surface area contributed by atoms with Crippen LogP contribution in [0.15, 0.2) is 42.6 Å². The van der Waals surface area contributed by atoms with E-state index in [0.29, 0.717) is 49.5 Å². The van der Waals surface area contributed by atoms with Gasteiger partial charge in [0, 0.05) is 40.7 Å². The van der Waals surface area contributed by atoms with Crippen LogP contribution in [0.2, 0.25) is 0 Å². The van der Waals surface area contributed by atoms with Crippen LogP contribution in [-0.2, 0) is 35.3 Å². The number of alkyl halides is 3. The van der Waals surface area contributed by atoms with Crippen LogP contribution < -0.4 is 0 Å². The molecule has 1 aromatic carbocycles. The number of pyridine rings is 1. The molecule has 0 saturated carbocycles. The number of nitrogens with zero attached hydrogens (tertiary/aromatic N) is 4. The molecule has 1 amide bonds. The fraction of sp³-hybridized carbons (Fsp3) is 0.400. The van der Waals surface area contributed by atoms with Gasteiger partial charge < -0.3 is 14.6 Å². The van der Waals surface area contributed by atoms with Gasteiger partial charge in [0.25, 0.3) is 0 Å². The van der Waals surface area contributed by atoms with Crippen molar-refractivity contribution in [3.63, 3.8) is 0 Å². The van der Waals surface area contributed by atoms with Gasteiger partial charge >= 0.3 is 12.1 Å². The molecule has 216 valence electrons. The summed E-state index contributed by atoms with van der Waals surface area (Å²) in [6.45, 7) is 6.71. The number of aryl methyl sites for hydroxylation is 1. The minimum Gasteiger partial charge on any atom is -0.481 e. The predicted octanol–water partition coefficient (Wildman–Crippen LogP) is 6.70. The van der Waals surface area contributed by atoms with E-state index in [1.165, 1.54) is 23.5 Å². The summed E-state index contributed by atoms with van der Waals surface area (Å²) < 4.78 is 41.2. The number of benzene rings is 1. The standard InChI is InChI=1S/C30H31F3N4O3S/c1-18-24(41-27(35-18)19-8-10-20(11-9-19)30(31,32)33)17-37-23-16-36(25(38)7-4-13-29(2,3)28(39)40)15-12-21(23)22-6-5-14-34-26(22)37/h5-6,8-11,14H,4,7,12-13,15-17H2,1-3H3,(H,39,40). The Balaban J connectivity index is 1.39. The van der Waals surface area contributed by atoms with Crippen molar-refractivity contribution < 1.29 is 27.9 Å². The van der Waals surface area contributed by atoms with Gasteiger partial charge in [-0.2, -0.15) is 13.2 Å². The molecule has 11 heteroatoms. The molecule has 3 aromatic heterocycles. The van der Waals surface area contributed by atoms with Crippen LogP contribution in [0, 0.1) is 12.3 Å². The summed E-state index contributed by atoms with van der Waals surface area (Å²) in [5.41, 5.74) is 2.83. The van der Waals surface area contributed by atoms with Gasteiger partial charge in [-0.05, 0) is 69.9 Å². The van der Waals surface area contributed by atoms with Crippen molar-refractivity contribution >= 4 is 34.2 Å². The maximum Gasteiger partial charge on any atom is 0.416 e. The van der Waals surface area contributed by atoms with Crippen molar-refractivity contribution in [2.45, 2.75) is 65.7 Å². The van der Waals surface area contributed by atoms with Crippen molar-refractivity contribution in [2.75, 3.05) is 6.54 Å². The molecule has 0 aliphatic carbocycles. The van der Waals surface area contributed by atoms with Crippen LogP contribution in [-0.4, -0.2) is 43.0 Å². The third kappa shape index (κ3) is 5.86. The van der Waals surface area contributed by atoms with E-state index in [-0.39, 0.29) is 12.3 Å². The molecule has 4 heterocycles.